The van der Waals surface area contributed by atoms with Crippen LogP contribution in [-0.2, 0) is 9.53 Å². The van der Waals surface area contributed by atoms with Gasteiger partial charge in [-0.3, -0.25) is 4.79 Å². The van der Waals surface area contributed by atoms with E-state index in [4.69, 9.17) is 10.00 Å². The summed E-state index contributed by atoms with van der Waals surface area (Å²) in [5.41, 5.74) is 0.594. The highest BCUT2D eigenvalue weighted by Gasteiger charge is 2.51. The summed E-state index contributed by atoms with van der Waals surface area (Å²) in [5.74, 6) is 1.45. The van der Waals surface area contributed by atoms with Gasteiger partial charge in [-0.05, 0) is 81.4 Å². The van der Waals surface area contributed by atoms with Crippen molar-refractivity contribution in [2.24, 2.45) is 17.8 Å². The third-order valence-corrected chi connectivity index (χ3v) is 6.31. The standard InChI is InChI=1S/C21H24N2O3/c1-13(26-20(25)18-4-2-3-14(8-18)12-22)19(24)23-21-9-15-5-16(10-21)7-17(6-15)11-21/h2-4,8,13,15-17H,5-7,9-11H2,1H3,(H,23,24)/t13-,15?,16?,17?,21?/m0/s1. The van der Waals surface area contributed by atoms with Crippen molar-refractivity contribution >= 4 is 11.9 Å². The fraction of sp³-hybridized carbons (Fsp3) is 0.571. The molecular weight excluding hydrogens is 328 g/mol. The second kappa shape index (κ2) is 6.42. The maximum atomic E-state index is 12.7. The van der Waals surface area contributed by atoms with Crippen molar-refractivity contribution in [1.29, 1.82) is 5.26 Å². The van der Waals surface area contributed by atoms with Gasteiger partial charge in [0.2, 0.25) is 0 Å². The molecule has 0 saturated heterocycles. The van der Waals surface area contributed by atoms with Crippen LogP contribution in [0.5, 0.6) is 0 Å². The zero-order chi connectivity index (χ0) is 18.3. The molecule has 0 aliphatic heterocycles. The third kappa shape index (κ3) is 3.21. The molecule has 5 heteroatoms. The molecule has 136 valence electrons. The largest absolute Gasteiger partial charge is 0.449 e. The Hall–Kier alpha value is -2.35. The number of nitriles is 1. The summed E-state index contributed by atoms with van der Waals surface area (Å²) in [6.45, 7) is 1.61. The number of carbonyl (C=O) groups is 2. The predicted molar refractivity (Wildman–Crippen MR) is 95.1 cm³/mol. The molecule has 0 heterocycles. The van der Waals surface area contributed by atoms with Gasteiger partial charge in [-0.2, -0.15) is 5.26 Å². The molecule has 1 N–H and O–H groups in total. The van der Waals surface area contributed by atoms with E-state index in [-0.39, 0.29) is 11.4 Å². The molecule has 4 aliphatic rings. The normalized spacial score (nSPS) is 32.5. The lowest BCUT2D eigenvalue weighted by atomic mass is 9.53. The fourth-order valence-electron chi connectivity index (χ4n) is 5.62. The van der Waals surface area contributed by atoms with Gasteiger partial charge in [0.05, 0.1) is 17.2 Å². The molecule has 1 aromatic rings. The Kier molecular flexibility index (Phi) is 4.22. The Balaban J connectivity index is 1.39. The summed E-state index contributed by atoms with van der Waals surface area (Å²) < 4.78 is 5.35. The second-order valence-corrected chi connectivity index (χ2v) is 8.43. The average Bonchev–Trinajstić information content (AvgIpc) is 2.60. The lowest BCUT2D eigenvalue weighted by molar-refractivity contribution is -0.134. The highest BCUT2D eigenvalue weighted by molar-refractivity contribution is 5.92. The topological polar surface area (TPSA) is 79.2 Å². The maximum absolute atomic E-state index is 12.7. The number of carbonyl (C=O) groups excluding carboxylic acids is 2. The van der Waals surface area contributed by atoms with Crippen LogP contribution in [0.4, 0.5) is 0 Å². The van der Waals surface area contributed by atoms with E-state index in [2.05, 4.69) is 5.32 Å². The molecule has 1 aromatic carbocycles. The lowest BCUT2D eigenvalue weighted by Gasteiger charge is -2.57. The van der Waals surface area contributed by atoms with Gasteiger partial charge >= 0.3 is 5.97 Å². The van der Waals surface area contributed by atoms with E-state index in [1.165, 1.54) is 25.3 Å². The highest BCUT2D eigenvalue weighted by atomic mass is 16.5. The van der Waals surface area contributed by atoms with E-state index in [1.807, 2.05) is 6.07 Å². The number of rotatable bonds is 4. The number of esters is 1. The summed E-state index contributed by atoms with van der Waals surface area (Å²) in [6, 6.07) is 8.32. The van der Waals surface area contributed by atoms with Crippen LogP contribution in [0.25, 0.3) is 0 Å². The van der Waals surface area contributed by atoms with E-state index < -0.39 is 12.1 Å². The van der Waals surface area contributed by atoms with Crippen molar-refractivity contribution in [2.75, 3.05) is 0 Å². The molecule has 5 rings (SSSR count). The fourth-order valence-corrected chi connectivity index (χ4v) is 5.62. The minimum Gasteiger partial charge on any atom is -0.449 e. The Morgan fingerprint density at radius 3 is 2.38 bits per heavy atom. The van der Waals surface area contributed by atoms with Crippen LogP contribution in [0.15, 0.2) is 24.3 Å². The third-order valence-electron chi connectivity index (χ3n) is 6.31. The monoisotopic (exact) mass is 352 g/mol. The molecule has 0 aromatic heterocycles. The summed E-state index contributed by atoms with van der Waals surface area (Å²) >= 11 is 0. The number of nitrogens with one attached hydrogen (secondary N) is 1. The highest BCUT2D eigenvalue weighted by Crippen LogP contribution is 2.55. The van der Waals surface area contributed by atoms with Crippen LogP contribution in [-0.4, -0.2) is 23.5 Å². The smallest absolute Gasteiger partial charge is 0.338 e. The SMILES string of the molecule is C[C@H](OC(=O)c1cccc(C#N)c1)C(=O)NC12CC3CC(CC(C3)C1)C2. The summed E-state index contributed by atoms with van der Waals surface area (Å²) in [5, 5.41) is 12.2. The Labute approximate surface area is 153 Å². The van der Waals surface area contributed by atoms with Gasteiger partial charge in [0.25, 0.3) is 5.91 Å². The first kappa shape index (κ1) is 17.1. The molecule has 0 spiro atoms. The number of nitrogens with zero attached hydrogens (tertiary/aromatic N) is 1. The number of benzene rings is 1. The van der Waals surface area contributed by atoms with Crippen molar-refractivity contribution in [3.63, 3.8) is 0 Å². The van der Waals surface area contributed by atoms with Crippen LogP contribution in [0.3, 0.4) is 0 Å². The minimum atomic E-state index is -0.846. The van der Waals surface area contributed by atoms with E-state index in [9.17, 15) is 9.59 Å². The van der Waals surface area contributed by atoms with Crippen molar-refractivity contribution < 1.29 is 14.3 Å². The molecule has 0 radical (unpaired) electrons. The zero-order valence-corrected chi connectivity index (χ0v) is 15.0. The van der Waals surface area contributed by atoms with E-state index in [1.54, 1.807) is 25.1 Å². The lowest BCUT2D eigenvalue weighted by Crippen LogP contribution is -2.61. The molecule has 4 aliphatic carbocycles. The van der Waals surface area contributed by atoms with Crippen LogP contribution < -0.4 is 5.32 Å². The van der Waals surface area contributed by atoms with Crippen molar-refractivity contribution in [2.45, 2.75) is 57.1 Å². The maximum Gasteiger partial charge on any atom is 0.338 e. The first-order chi connectivity index (χ1) is 12.5. The quantitative estimate of drug-likeness (QED) is 0.844. The van der Waals surface area contributed by atoms with E-state index >= 15 is 0 Å². The minimum absolute atomic E-state index is 0.0901. The van der Waals surface area contributed by atoms with Crippen LogP contribution in [0.1, 0.15) is 61.4 Å². The van der Waals surface area contributed by atoms with Crippen molar-refractivity contribution in [1.82, 2.24) is 5.32 Å². The molecule has 5 nitrogen and oxygen atoms in total. The average molecular weight is 352 g/mol. The van der Waals surface area contributed by atoms with Gasteiger partial charge in [-0.25, -0.2) is 4.79 Å². The molecule has 4 bridgehead atoms. The first-order valence-electron chi connectivity index (χ1n) is 9.49. The van der Waals surface area contributed by atoms with Crippen molar-refractivity contribution in [3.8, 4) is 6.07 Å². The van der Waals surface area contributed by atoms with Gasteiger partial charge < -0.3 is 10.1 Å². The van der Waals surface area contributed by atoms with Crippen LogP contribution in [0, 0.1) is 29.1 Å². The number of amides is 1. The molecule has 4 saturated carbocycles. The molecule has 26 heavy (non-hydrogen) atoms. The molecule has 1 atom stereocenters. The Morgan fingerprint density at radius 1 is 1.19 bits per heavy atom. The van der Waals surface area contributed by atoms with Gasteiger partial charge in [-0.1, -0.05) is 6.07 Å². The second-order valence-electron chi connectivity index (χ2n) is 8.43. The number of hydrogen-bond donors (Lipinski definition) is 1. The summed E-state index contributed by atoms with van der Waals surface area (Å²) in [4.78, 5) is 25.0. The van der Waals surface area contributed by atoms with E-state index in [0.29, 0.717) is 11.1 Å². The first-order valence-corrected chi connectivity index (χ1v) is 9.49. The molecule has 0 unspecified atom stereocenters. The molecule has 4 fully saturated rings. The van der Waals surface area contributed by atoms with Gasteiger partial charge in [0.15, 0.2) is 6.10 Å². The van der Waals surface area contributed by atoms with E-state index in [0.717, 1.165) is 37.0 Å². The van der Waals surface area contributed by atoms with Crippen LogP contribution in [0.2, 0.25) is 0 Å². The Bertz CT molecular complexity index is 744. The predicted octanol–water partition coefficient (Wildman–Crippen LogP) is 3.19. The van der Waals surface area contributed by atoms with Crippen molar-refractivity contribution in [3.05, 3.63) is 35.4 Å². The zero-order valence-electron chi connectivity index (χ0n) is 15.0. The Morgan fingerprint density at radius 2 is 1.81 bits per heavy atom. The molecule has 1 amide bonds. The molecular formula is C21H24N2O3. The number of ether oxygens (including phenoxy) is 1. The van der Waals surface area contributed by atoms with Gasteiger partial charge in [-0.15, -0.1) is 0 Å². The summed E-state index contributed by atoms with van der Waals surface area (Å²) in [6.07, 6.45) is 6.29. The summed E-state index contributed by atoms with van der Waals surface area (Å²) in [7, 11) is 0. The number of hydrogen-bond acceptors (Lipinski definition) is 4. The van der Waals surface area contributed by atoms with Gasteiger partial charge in [0, 0.05) is 5.54 Å². The van der Waals surface area contributed by atoms with Crippen LogP contribution >= 0.6 is 0 Å². The van der Waals surface area contributed by atoms with Gasteiger partial charge in [0.1, 0.15) is 0 Å².